The highest BCUT2D eigenvalue weighted by Crippen LogP contribution is 2.31. The second-order valence-corrected chi connectivity index (χ2v) is 4.87. The highest BCUT2D eigenvalue weighted by molar-refractivity contribution is 5.87. The number of benzene rings is 1. The number of carbonyl (C=O) groups is 1. The molecule has 4 heteroatoms. The van der Waals surface area contributed by atoms with E-state index < -0.39 is 0 Å². The smallest absolute Gasteiger partial charge is 0.153 e. The summed E-state index contributed by atoms with van der Waals surface area (Å²) in [5, 5.41) is 4.54. The zero-order valence-corrected chi connectivity index (χ0v) is 12.2. The Bertz CT molecular complexity index is 603. The van der Waals surface area contributed by atoms with Crippen molar-refractivity contribution < 1.29 is 9.53 Å². The lowest BCUT2D eigenvalue weighted by molar-refractivity contribution is 0.112. The number of nitrogens with zero attached hydrogens (tertiary/aromatic N) is 2. The Labute approximate surface area is 119 Å². The third-order valence-electron chi connectivity index (χ3n) is 3.27. The summed E-state index contributed by atoms with van der Waals surface area (Å²) in [6.45, 7) is 4.97. The Morgan fingerprint density at radius 3 is 2.85 bits per heavy atom. The van der Waals surface area contributed by atoms with E-state index in [-0.39, 0.29) is 0 Å². The van der Waals surface area contributed by atoms with Crippen molar-refractivity contribution in [3.05, 3.63) is 35.5 Å². The molecule has 0 radical (unpaired) electrons. The molecule has 0 aliphatic carbocycles. The summed E-state index contributed by atoms with van der Waals surface area (Å²) in [5.41, 5.74) is 3.27. The molecule has 0 amide bonds. The van der Waals surface area contributed by atoms with E-state index in [1.165, 1.54) is 0 Å². The second-order valence-electron chi connectivity index (χ2n) is 4.87. The molecular formula is C16H20N2O2. The van der Waals surface area contributed by atoms with Gasteiger partial charge in [0.1, 0.15) is 11.4 Å². The highest BCUT2D eigenvalue weighted by Gasteiger charge is 2.15. The van der Waals surface area contributed by atoms with E-state index in [4.69, 9.17) is 4.74 Å². The summed E-state index contributed by atoms with van der Waals surface area (Å²) in [4.78, 5) is 11.3. The van der Waals surface area contributed by atoms with Gasteiger partial charge in [-0.25, -0.2) is 0 Å². The third-order valence-corrected chi connectivity index (χ3v) is 3.27. The first-order valence-electron chi connectivity index (χ1n) is 6.87. The van der Waals surface area contributed by atoms with E-state index >= 15 is 0 Å². The molecular weight excluding hydrogens is 252 g/mol. The van der Waals surface area contributed by atoms with Gasteiger partial charge in [-0.1, -0.05) is 25.0 Å². The normalized spacial score (nSPS) is 10.6. The van der Waals surface area contributed by atoms with Gasteiger partial charge in [0.05, 0.1) is 12.7 Å². The number of hydrogen-bond acceptors (Lipinski definition) is 3. The highest BCUT2D eigenvalue weighted by atomic mass is 16.5. The predicted molar refractivity (Wildman–Crippen MR) is 79.2 cm³/mol. The van der Waals surface area contributed by atoms with Crippen molar-refractivity contribution in [2.45, 2.75) is 33.2 Å². The number of methoxy groups -OCH3 is 1. The summed E-state index contributed by atoms with van der Waals surface area (Å²) < 4.78 is 7.22. The molecule has 0 unspecified atom stereocenters. The molecule has 20 heavy (non-hydrogen) atoms. The maximum atomic E-state index is 11.3. The standard InChI is InChI=1S/C16H20N2O2/c1-4-5-8-18-10-13(11-19)16(17-18)14-9-12(2)6-7-15(14)20-3/h6-7,9-11H,4-5,8H2,1-3H3. The Morgan fingerprint density at radius 2 is 2.20 bits per heavy atom. The minimum atomic E-state index is 0.602. The number of hydrogen-bond donors (Lipinski definition) is 0. The molecule has 106 valence electrons. The van der Waals surface area contributed by atoms with E-state index in [0.717, 1.165) is 42.5 Å². The quantitative estimate of drug-likeness (QED) is 0.756. The van der Waals surface area contributed by atoms with Crippen molar-refractivity contribution in [1.82, 2.24) is 9.78 Å². The summed E-state index contributed by atoms with van der Waals surface area (Å²) in [6.07, 6.45) is 4.80. The van der Waals surface area contributed by atoms with Crippen LogP contribution in [0.5, 0.6) is 5.75 Å². The number of aryl methyl sites for hydroxylation is 2. The number of aromatic nitrogens is 2. The summed E-state index contributed by atoms with van der Waals surface area (Å²) >= 11 is 0. The molecule has 4 nitrogen and oxygen atoms in total. The zero-order valence-electron chi connectivity index (χ0n) is 12.2. The molecule has 0 aliphatic heterocycles. The van der Waals surface area contributed by atoms with Crippen molar-refractivity contribution in [3.63, 3.8) is 0 Å². The van der Waals surface area contributed by atoms with Crippen LogP contribution in [0.2, 0.25) is 0 Å². The Morgan fingerprint density at radius 1 is 1.40 bits per heavy atom. The van der Waals surface area contributed by atoms with Gasteiger partial charge in [-0.15, -0.1) is 0 Å². The molecule has 2 aromatic rings. The molecule has 0 spiro atoms. The molecule has 2 rings (SSSR count). The van der Waals surface area contributed by atoms with Crippen LogP contribution >= 0.6 is 0 Å². The maximum Gasteiger partial charge on any atom is 0.153 e. The fraction of sp³-hybridized carbons (Fsp3) is 0.375. The van der Waals surface area contributed by atoms with Gasteiger partial charge in [-0.05, 0) is 25.5 Å². The number of rotatable bonds is 6. The lowest BCUT2D eigenvalue weighted by Crippen LogP contribution is -1.98. The van der Waals surface area contributed by atoms with Crippen LogP contribution in [0, 0.1) is 6.92 Å². The van der Waals surface area contributed by atoms with E-state index in [2.05, 4.69) is 12.0 Å². The molecule has 0 saturated heterocycles. The van der Waals surface area contributed by atoms with Gasteiger partial charge in [0.25, 0.3) is 0 Å². The maximum absolute atomic E-state index is 11.3. The molecule has 0 saturated carbocycles. The van der Waals surface area contributed by atoms with Gasteiger partial charge in [0.2, 0.25) is 0 Å². The van der Waals surface area contributed by atoms with Crippen molar-refractivity contribution in [2.75, 3.05) is 7.11 Å². The minimum Gasteiger partial charge on any atom is -0.496 e. The molecule has 0 fully saturated rings. The SMILES string of the molecule is CCCCn1cc(C=O)c(-c2cc(C)ccc2OC)n1. The Kier molecular flexibility index (Phi) is 4.56. The average Bonchev–Trinajstić information content (AvgIpc) is 2.88. The first-order valence-corrected chi connectivity index (χ1v) is 6.87. The molecule has 1 aromatic heterocycles. The van der Waals surface area contributed by atoms with Crippen LogP contribution in [0.1, 0.15) is 35.7 Å². The Balaban J connectivity index is 2.48. The van der Waals surface area contributed by atoms with Gasteiger partial charge < -0.3 is 4.74 Å². The number of unbranched alkanes of at least 4 members (excludes halogenated alkanes) is 1. The van der Waals surface area contributed by atoms with Crippen molar-refractivity contribution in [1.29, 1.82) is 0 Å². The monoisotopic (exact) mass is 272 g/mol. The predicted octanol–water partition coefficient (Wildman–Crippen LogP) is 3.48. The van der Waals surface area contributed by atoms with Crippen LogP contribution in [0.3, 0.4) is 0 Å². The van der Waals surface area contributed by atoms with Crippen LogP contribution in [0.15, 0.2) is 24.4 Å². The first kappa shape index (κ1) is 14.3. The van der Waals surface area contributed by atoms with Gasteiger partial charge in [0.15, 0.2) is 6.29 Å². The average molecular weight is 272 g/mol. The molecule has 1 aromatic carbocycles. The topological polar surface area (TPSA) is 44.1 Å². The minimum absolute atomic E-state index is 0.602. The second kappa shape index (κ2) is 6.37. The lowest BCUT2D eigenvalue weighted by atomic mass is 10.1. The van der Waals surface area contributed by atoms with Gasteiger partial charge >= 0.3 is 0 Å². The largest absolute Gasteiger partial charge is 0.496 e. The fourth-order valence-corrected chi connectivity index (χ4v) is 2.17. The van der Waals surface area contributed by atoms with Crippen LogP contribution in [-0.2, 0) is 6.54 Å². The molecule has 0 aliphatic rings. The third kappa shape index (κ3) is 2.90. The number of carbonyl (C=O) groups excluding carboxylic acids is 1. The molecule has 0 bridgehead atoms. The summed E-state index contributed by atoms with van der Waals surface area (Å²) in [7, 11) is 1.63. The van der Waals surface area contributed by atoms with Crippen LogP contribution in [-0.4, -0.2) is 23.2 Å². The molecule has 0 atom stereocenters. The first-order chi connectivity index (χ1) is 9.69. The fourth-order valence-electron chi connectivity index (χ4n) is 2.17. The van der Waals surface area contributed by atoms with E-state index in [1.54, 1.807) is 13.3 Å². The summed E-state index contributed by atoms with van der Waals surface area (Å²) in [6, 6.07) is 5.89. The van der Waals surface area contributed by atoms with Gasteiger partial charge in [-0.2, -0.15) is 5.10 Å². The lowest BCUT2D eigenvalue weighted by Gasteiger charge is -2.08. The van der Waals surface area contributed by atoms with Crippen molar-refractivity contribution in [2.24, 2.45) is 0 Å². The Hall–Kier alpha value is -2.10. The summed E-state index contributed by atoms with van der Waals surface area (Å²) in [5.74, 6) is 0.736. The van der Waals surface area contributed by atoms with Gasteiger partial charge in [0, 0.05) is 18.3 Å². The van der Waals surface area contributed by atoms with Crippen LogP contribution in [0.25, 0.3) is 11.3 Å². The van der Waals surface area contributed by atoms with E-state index in [1.807, 2.05) is 29.8 Å². The molecule has 1 heterocycles. The number of ether oxygens (including phenoxy) is 1. The van der Waals surface area contributed by atoms with Crippen molar-refractivity contribution >= 4 is 6.29 Å². The zero-order chi connectivity index (χ0) is 14.5. The number of aldehydes is 1. The van der Waals surface area contributed by atoms with Crippen LogP contribution in [0.4, 0.5) is 0 Å². The van der Waals surface area contributed by atoms with Crippen LogP contribution < -0.4 is 4.74 Å². The van der Waals surface area contributed by atoms with Crippen molar-refractivity contribution in [3.8, 4) is 17.0 Å². The molecule has 0 N–H and O–H groups in total. The van der Waals surface area contributed by atoms with Gasteiger partial charge in [-0.3, -0.25) is 9.48 Å². The van der Waals surface area contributed by atoms with E-state index in [0.29, 0.717) is 11.3 Å². The van der Waals surface area contributed by atoms with E-state index in [9.17, 15) is 4.79 Å².